The molecule has 16 heavy (non-hydrogen) atoms. The van der Waals surface area contributed by atoms with Crippen LogP contribution in [0.5, 0.6) is 0 Å². The summed E-state index contributed by atoms with van der Waals surface area (Å²) in [4.78, 5) is 14.7. The van der Waals surface area contributed by atoms with Crippen molar-refractivity contribution in [3.05, 3.63) is 58.3 Å². The van der Waals surface area contributed by atoms with Gasteiger partial charge in [0.1, 0.15) is 5.69 Å². The Morgan fingerprint density at radius 1 is 1.19 bits per heavy atom. The van der Waals surface area contributed by atoms with E-state index in [9.17, 15) is 10.1 Å². The topological polar surface area (TPSA) is 56.0 Å². The number of aromatic nitrogens is 1. The Labute approximate surface area is 92.7 Å². The van der Waals surface area contributed by atoms with Crippen LogP contribution in [0.1, 0.15) is 5.56 Å². The largest absolute Gasteiger partial charge is 0.298 e. The van der Waals surface area contributed by atoms with Crippen molar-refractivity contribution in [1.82, 2.24) is 4.98 Å². The molecule has 0 saturated carbocycles. The fourth-order valence-electron chi connectivity index (χ4n) is 1.59. The lowest BCUT2D eigenvalue weighted by Crippen LogP contribution is -1.97. The lowest BCUT2D eigenvalue weighted by molar-refractivity contribution is -0.384. The Bertz CT molecular complexity index is 524. The van der Waals surface area contributed by atoms with Crippen molar-refractivity contribution in [1.29, 1.82) is 0 Å². The summed E-state index contributed by atoms with van der Waals surface area (Å²) in [6, 6.07) is 10.8. The molecule has 0 atom stereocenters. The fourth-order valence-corrected chi connectivity index (χ4v) is 1.59. The van der Waals surface area contributed by atoms with Crippen LogP contribution in [0.15, 0.2) is 42.6 Å². The molecule has 2 aromatic rings. The second-order valence-corrected chi connectivity index (χ2v) is 3.45. The van der Waals surface area contributed by atoms with Crippen LogP contribution in [0.25, 0.3) is 11.3 Å². The quantitative estimate of drug-likeness (QED) is 0.570. The third-order valence-corrected chi connectivity index (χ3v) is 2.36. The van der Waals surface area contributed by atoms with Crippen molar-refractivity contribution in [3.8, 4) is 11.3 Å². The summed E-state index contributed by atoms with van der Waals surface area (Å²) in [5, 5.41) is 11.0. The van der Waals surface area contributed by atoms with Gasteiger partial charge in [0.25, 0.3) is 5.69 Å². The number of aryl methyl sites for hydroxylation is 1. The van der Waals surface area contributed by atoms with Gasteiger partial charge < -0.3 is 0 Å². The van der Waals surface area contributed by atoms with Crippen molar-refractivity contribution in [3.63, 3.8) is 0 Å². The number of rotatable bonds is 2. The molecule has 0 fully saturated rings. The van der Waals surface area contributed by atoms with E-state index in [2.05, 4.69) is 4.98 Å². The Hall–Kier alpha value is -2.23. The van der Waals surface area contributed by atoms with E-state index in [4.69, 9.17) is 0 Å². The monoisotopic (exact) mass is 214 g/mol. The van der Waals surface area contributed by atoms with E-state index < -0.39 is 0 Å². The average molecular weight is 214 g/mol. The maximum Gasteiger partial charge on any atom is 0.298 e. The number of pyridine rings is 1. The van der Waals surface area contributed by atoms with Crippen LogP contribution < -0.4 is 0 Å². The lowest BCUT2D eigenvalue weighted by Gasteiger charge is -2.03. The highest BCUT2D eigenvalue weighted by atomic mass is 16.6. The van der Waals surface area contributed by atoms with Gasteiger partial charge in [-0.2, -0.15) is 0 Å². The summed E-state index contributed by atoms with van der Waals surface area (Å²) in [5.41, 5.74) is 1.89. The van der Waals surface area contributed by atoms with E-state index in [0.717, 1.165) is 5.56 Å². The van der Waals surface area contributed by atoms with Gasteiger partial charge in [0, 0.05) is 17.3 Å². The number of nitrogens with zero attached hydrogens (tertiary/aromatic N) is 2. The molecule has 4 heteroatoms. The Balaban J connectivity index is 2.66. The fraction of sp³-hybridized carbons (Fsp3) is 0.0833. The van der Waals surface area contributed by atoms with Crippen LogP contribution in [-0.4, -0.2) is 9.91 Å². The van der Waals surface area contributed by atoms with E-state index in [1.54, 1.807) is 19.2 Å². The second-order valence-electron chi connectivity index (χ2n) is 3.45. The first-order valence-corrected chi connectivity index (χ1v) is 4.85. The first kappa shape index (κ1) is 10.3. The summed E-state index contributed by atoms with van der Waals surface area (Å²) in [6.07, 6.45) is 1.59. The van der Waals surface area contributed by atoms with Crippen LogP contribution in [0, 0.1) is 17.0 Å². The molecule has 0 bridgehead atoms. The molecule has 0 saturated heterocycles. The van der Waals surface area contributed by atoms with Gasteiger partial charge in [-0.15, -0.1) is 0 Å². The highest BCUT2D eigenvalue weighted by molar-refractivity contribution is 5.71. The van der Waals surface area contributed by atoms with Gasteiger partial charge in [-0.05, 0) is 13.0 Å². The van der Waals surface area contributed by atoms with Crippen LogP contribution in [0.3, 0.4) is 0 Å². The van der Waals surface area contributed by atoms with Gasteiger partial charge >= 0.3 is 0 Å². The minimum Gasteiger partial charge on any atom is -0.258 e. The number of hydrogen-bond donors (Lipinski definition) is 0. The predicted octanol–water partition coefficient (Wildman–Crippen LogP) is 2.97. The molecule has 1 heterocycles. The molecule has 1 aromatic heterocycles. The second kappa shape index (κ2) is 4.10. The maximum atomic E-state index is 11.0. The first-order valence-electron chi connectivity index (χ1n) is 4.85. The van der Waals surface area contributed by atoms with Gasteiger partial charge in [0.05, 0.1) is 4.92 Å². The standard InChI is InChI=1S/C12H10N2O2/c1-9-7-8-13-11(12(9)14(15)16)10-5-3-2-4-6-10/h2-8H,1H3. The molecular formula is C12H10N2O2. The van der Waals surface area contributed by atoms with Crippen LogP contribution in [-0.2, 0) is 0 Å². The predicted molar refractivity (Wildman–Crippen MR) is 61.1 cm³/mol. The highest BCUT2D eigenvalue weighted by Gasteiger charge is 2.19. The van der Waals surface area contributed by atoms with Crippen molar-refractivity contribution >= 4 is 5.69 Å². The molecule has 0 aliphatic heterocycles. The molecule has 0 radical (unpaired) electrons. The van der Waals surface area contributed by atoms with Crippen molar-refractivity contribution in [2.75, 3.05) is 0 Å². The van der Waals surface area contributed by atoms with E-state index in [1.807, 2.05) is 30.3 Å². The summed E-state index contributed by atoms with van der Waals surface area (Å²) in [6.45, 7) is 1.71. The lowest BCUT2D eigenvalue weighted by atomic mass is 10.1. The van der Waals surface area contributed by atoms with Crippen molar-refractivity contribution in [2.24, 2.45) is 0 Å². The average Bonchev–Trinajstić information content (AvgIpc) is 2.29. The normalized spacial score (nSPS) is 10.1. The van der Waals surface area contributed by atoms with Crippen LogP contribution in [0.4, 0.5) is 5.69 Å². The maximum absolute atomic E-state index is 11.0. The van der Waals surface area contributed by atoms with Gasteiger partial charge in [-0.1, -0.05) is 30.3 Å². The first-order chi connectivity index (χ1) is 7.70. The summed E-state index contributed by atoms with van der Waals surface area (Å²) >= 11 is 0. The number of nitro groups is 1. The van der Waals surface area contributed by atoms with Crippen LogP contribution in [0.2, 0.25) is 0 Å². The summed E-state index contributed by atoms with van der Waals surface area (Å²) in [5.74, 6) is 0. The molecule has 0 N–H and O–H groups in total. The summed E-state index contributed by atoms with van der Waals surface area (Å²) < 4.78 is 0. The van der Waals surface area contributed by atoms with Gasteiger partial charge in [0.2, 0.25) is 0 Å². The minimum atomic E-state index is -0.384. The van der Waals surface area contributed by atoms with E-state index in [-0.39, 0.29) is 10.6 Å². The van der Waals surface area contributed by atoms with Crippen LogP contribution >= 0.6 is 0 Å². The van der Waals surface area contributed by atoms with E-state index >= 15 is 0 Å². The van der Waals surface area contributed by atoms with Gasteiger partial charge in [-0.25, -0.2) is 4.98 Å². The summed E-state index contributed by atoms with van der Waals surface area (Å²) in [7, 11) is 0. The van der Waals surface area contributed by atoms with E-state index in [1.165, 1.54) is 0 Å². The third kappa shape index (κ3) is 1.77. The van der Waals surface area contributed by atoms with Gasteiger partial charge in [-0.3, -0.25) is 10.1 Å². The minimum absolute atomic E-state index is 0.0775. The number of hydrogen-bond acceptors (Lipinski definition) is 3. The molecule has 0 aliphatic carbocycles. The Kier molecular flexibility index (Phi) is 2.64. The molecule has 0 amide bonds. The molecule has 1 aromatic carbocycles. The third-order valence-electron chi connectivity index (χ3n) is 2.36. The Morgan fingerprint density at radius 3 is 2.50 bits per heavy atom. The zero-order valence-corrected chi connectivity index (χ0v) is 8.75. The molecule has 0 aliphatic rings. The molecule has 0 unspecified atom stereocenters. The van der Waals surface area contributed by atoms with Crippen molar-refractivity contribution in [2.45, 2.75) is 6.92 Å². The molecule has 0 spiro atoms. The van der Waals surface area contributed by atoms with Crippen molar-refractivity contribution < 1.29 is 4.92 Å². The molecular weight excluding hydrogens is 204 g/mol. The molecule has 2 rings (SSSR count). The zero-order valence-electron chi connectivity index (χ0n) is 8.75. The highest BCUT2D eigenvalue weighted by Crippen LogP contribution is 2.29. The van der Waals surface area contributed by atoms with Gasteiger partial charge in [0.15, 0.2) is 0 Å². The van der Waals surface area contributed by atoms with E-state index in [0.29, 0.717) is 11.3 Å². The molecule has 4 nitrogen and oxygen atoms in total. The molecule has 80 valence electrons. The number of benzene rings is 1. The SMILES string of the molecule is Cc1ccnc(-c2ccccc2)c1[N+](=O)[O-]. The Morgan fingerprint density at radius 2 is 1.88 bits per heavy atom. The smallest absolute Gasteiger partial charge is 0.258 e. The zero-order chi connectivity index (χ0) is 11.5.